The largest absolute Gasteiger partial charge is 0.0683 e. The SMILES string of the molecule is CC.CC.CCC.CCC.CCCC. The van der Waals surface area contributed by atoms with Gasteiger partial charge in [-0.25, -0.2) is 0 Å². The zero-order valence-electron chi connectivity index (χ0n) is 12.8. The van der Waals surface area contributed by atoms with E-state index in [-0.39, 0.29) is 0 Å². The molecule has 0 aromatic carbocycles. The maximum atomic E-state index is 2.18. The van der Waals surface area contributed by atoms with E-state index in [4.69, 9.17) is 0 Å². The van der Waals surface area contributed by atoms with Gasteiger partial charge in [-0.1, -0.05) is 94.9 Å². The van der Waals surface area contributed by atoms with Crippen LogP contribution in [0.4, 0.5) is 0 Å². The Kier molecular flexibility index (Phi) is 244. The molecule has 0 aliphatic carbocycles. The highest BCUT2D eigenvalue weighted by Crippen LogP contribution is 1.76. The highest BCUT2D eigenvalue weighted by atomic mass is 13.6. The summed E-state index contributed by atoms with van der Waals surface area (Å²) >= 11 is 0. The van der Waals surface area contributed by atoms with Crippen LogP contribution in [0.5, 0.6) is 0 Å². The Morgan fingerprint density at radius 2 is 0.500 bits per heavy atom. The van der Waals surface area contributed by atoms with Crippen LogP contribution in [0, 0.1) is 0 Å². The first-order valence-electron chi connectivity index (χ1n) is 6.74. The first-order chi connectivity index (χ1) is 6.74. The predicted octanol–water partition coefficient (Wildman–Crippen LogP) is 6.69. The number of hydrogen-bond acceptors (Lipinski definition) is 0. The van der Waals surface area contributed by atoms with Gasteiger partial charge in [-0.05, 0) is 0 Å². The average Bonchev–Trinajstić information content (AvgIpc) is 2.26. The van der Waals surface area contributed by atoms with Crippen LogP contribution in [0.1, 0.15) is 94.9 Å². The summed E-state index contributed by atoms with van der Waals surface area (Å²) in [6.07, 6.45) is 5.14. The van der Waals surface area contributed by atoms with Crippen LogP contribution < -0.4 is 0 Å². The third kappa shape index (κ3) is 1450. The summed E-state index contributed by atoms with van der Waals surface area (Å²) in [4.78, 5) is 0. The molecule has 0 saturated heterocycles. The fourth-order valence-electron chi connectivity index (χ4n) is 0. The lowest BCUT2D eigenvalue weighted by molar-refractivity contribution is 0.886. The first-order valence-corrected chi connectivity index (χ1v) is 6.74. The molecule has 0 atom stereocenters. The monoisotopic (exact) mass is 206 g/mol. The van der Waals surface area contributed by atoms with Crippen molar-refractivity contribution in [1.82, 2.24) is 0 Å². The van der Waals surface area contributed by atoms with E-state index in [0.29, 0.717) is 0 Å². The molecular weight excluding hydrogens is 168 g/mol. The number of unbranched alkanes of at least 4 members (excludes halogenated alkanes) is 1. The smallest absolute Gasteiger partial charge is 0.0564 e. The van der Waals surface area contributed by atoms with Crippen LogP contribution in [0.2, 0.25) is 0 Å². The van der Waals surface area contributed by atoms with E-state index in [1.54, 1.807) is 0 Å². The fraction of sp³-hybridized carbons (Fsp3) is 1.00. The van der Waals surface area contributed by atoms with Crippen molar-refractivity contribution in [1.29, 1.82) is 0 Å². The number of hydrogen-bond donors (Lipinski definition) is 0. The maximum absolute atomic E-state index is 2.18. The van der Waals surface area contributed by atoms with Gasteiger partial charge in [0.25, 0.3) is 0 Å². The van der Waals surface area contributed by atoms with Gasteiger partial charge in [0.05, 0.1) is 0 Å². The van der Waals surface area contributed by atoms with Gasteiger partial charge in [0.2, 0.25) is 0 Å². The Balaban J connectivity index is -0.0000000249. The van der Waals surface area contributed by atoms with Crippen molar-refractivity contribution < 1.29 is 0 Å². The summed E-state index contributed by atoms with van der Waals surface area (Å²) in [5.41, 5.74) is 0. The normalized spacial score (nSPS) is 5.57. The van der Waals surface area contributed by atoms with E-state index in [1.807, 2.05) is 27.7 Å². The zero-order chi connectivity index (χ0) is 12.8. The zero-order valence-corrected chi connectivity index (χ0v) is 12.8. The molecule has 94 valence electrons. The van der Waals surface area contributed by atoms with Crippen molar-refractivity contribution in [2.45, 2.75) is 94.9 Å². The predicted molar refractivity (Wildman–Crippen MR) is 75.2 cm³/mol. The molecular formula is C14H38. The van der Waals surface area contributed by atoms with E-state index < -0.39 is 0 Å². The van der Waals surface area contributed by atoms with E-state index in [2.05, 4.69) is 41.5 Å². The summed E-state index contributed by atoms with van der Waals surface area (Å²) in [5.74, 6) is 0. The fourth-order valence-corrected chi connectivity index (χ4v) is 0. The molecule has 0 N–H and O–H groups in total. The van der Waals surface area contributed by atoms with E-state index >= 15 is 0 Å². The lowest BCUT2D eigenvalue weighted by Crippen LogP contribution is -1.47. The minimum Gasteiger partial charge on any atom is -0.0683 e. The second-order valence-corrected chi connectivity index (χ2v) is 2.41. The minimum absolute atomic E-state index is 1.25. The molecule has 0 radical (unpaired) electrons. The second-order valence-electron chi connectivity index (χ2n) is 2.41. The molecule has 0 heteroatoms. The Hall–Kier alpha value is 0. The van der Waals surface area contributed by atoms with Gasteiger partial charge in [0.15, 0.2) is 0 Å². The van der Waals surface area contributed by atoms with Crippen molar-refractivity contribution in [3.63, 3.8) is 0 Å². The van der Waals surface area contributed by atoms with E-state index in [1.165, 1.54) is 25.7 Å². The standard InChI is InChI=1S/C4H10.2C3H8.2C2H6/c1-3-4-2;2*1-3-2;2*1-2/h3-4H2,1-2H3;2*3H2,1-2H3;2*1-2H3. The topological polar surface area (TPSA) is 0 Å². The molecule has 0 nitrogen and oxygen atoms in total. The van der Waals surface area contributed by atoms with Crippen molar-refractivity contribution in [3.05, 3.63) is 0 Å². The molecule has 0 aliphatic heterocycles. The molecule has 0 aromatic rings. The Morgan fingerprint density at radius 1 is 0.429 bits per heavy atom. The van der Waals surface area contributed by atoms with Crippen LogP contribution in [0.3, 0.4) is 0 Å². The highest BCUT2D eigenvalue weighted by Gasteiger charge is 1.56. The Morgan fingerprint density at radius 3 is 0.500 bits per heavy atom. The van der Waals surface area contributed by atoms with E-state index in [0.717, 1.165) is 0 Å². The summed E-state index contributed by atoms with van der Waals surface area (Å²) in [6, 6.07) is 0. The average molecular weight is 206 g/mol. The van der Waals surface area contributed by atoms with Crippen molar-refractivity contribution in [2.75, 3.05) is 0 Å². The molecule has 0 bridgehead atoms. The highest BCUT2D eigenvalue weighted by molar-refractivity contribution is 4.12. The molecule has 14 heavy (non-hydrogen) atoms. The van der Waals surface area contributed by atoms with Gasteiger partial charge in [0.1, 0.15) is 0 Å². The summed E-state index contributed by atoms with van der Waals surface area (Å²) in [6.45, 7) is 20.9. The molecule has 0 spiro atoms. The Labute approximate surface area is 95.5 Å². The molecule has 0 aromatic heterocycles. The minimum atomic E-state index is 1.25. The number of rotatable bonds is 1. The van der Waals surface area contributed by atoms with Crippen molar-refractivity contribution in [2.24, 2.45) is 0 Å². The van der Waals surface area contributed by atoms with Crippen LogP contribution in [0.25, 0.3) is 0 Å². The molecule has 0 unspecified atom stereocenters. The van der Waals surface area contributed by atoms with Crippen molar-refractivity contribution in [3.8, 4) is 0 Å². The van der Waals surface area contributed by atoms with Crippen LogP contribution in [-0.4, -0.2) is 0 Å². The van der Waals surface area contributed by atoms with Gasteiger partial charge < -0.3 is 0 Å². The molecule has 0 aliphatic rings. The van der Waals surface area contributed by atoms with Crippen molar-refractivity contribution >= 4 is 0 Å². The van der Waals surface area contributed by atoms with Gasteiger partial charge in [-0.15, -0.1) is 0 Å². The molecule has 0 rings (SSSR count). The maximum Gasteiger partial charge on any atom is -0.0564 e. The van der Waals surface area contributed by atoms with Crippen LogP contribution in [0.15, 0.2) is 0 Å². The molecule has 0 fully saturated rings. The lowest BCUT2D eigenvalue weighted by Gasteiger charge is -1.68. The third-order valence-electron chi connectivity index (χ3n) is 0.500. The third-order valence-corrected chi connectivity index (χ3v) is 0.500. The summed E-state index contributed by atoms with van der Waals surface area (Å²) in [5, 5.41) is 0. The quantitative estimate of drug-likeness (QED) is 0.448. The van der Waals surface area contributed by atoms with Gasteiger partial charge in [-0.3, -0.25) is 0 Å². The van der Waals surface area contributed by atoms with Gasteiger partial charge in [0, 0.05) is 0 Å². The van der Waals surface area contributed by atoms with Crippen LogP contribution in [-0.2, 0) is 0 Å². The lowest BCUT2D eigenvalue weighted by atomic mass is 10.4. The van der Waals surface area contributed by atoms with Gasteiger partial charge in [-0.2, -0.15) is 0 Å². The summed E-state index contributed by atoms with van der Waals surface area (Å²) in [7, 11) is 0. The molecule has 0 saturated carbocycles. The first kappa shape index (κ1) is 29.2. The summed E-state index contributed by atoms with van der Waals surface area (Å²) < 4.78 is 0. The Bertz CT molecular complexity index is 12.0. The van der Waals surface area contributed by atoms with E-state index in [9.17, 15) is 0 Å². The molecule has 0 amide bonds. The second kappa shape index (κ2) is 117. The van der Waals surface area contributed by atoms with Gasteiger partial charge >= 0.3 is 0 Å². The molecule has 0 heterocycles. The van der Waals surface area contributed by atoms with Crippen LogP contribution >= 0.6 is 0 Å².